The lowest BCUT2D eigenvalue weighted by Crippen LogP contribution is -2.35. The summed E-state index contributed by atoms with van der Waals surface area (Å²) in [7, 11) is 3.38. The first-order chi connectivity index (χ1) is 15.1. The fourth-order valence-corrected chi connectivity index (χ4v) is 4.67. The van der Waals surface area contributed by atoms with Gasteiger partial charge in [0.05, 0.1) is 25.3 Å². The molecule has 1 fully saturated rings. The van der Waals surface area contributed by atoms with Gasteiger partial charge in [0.15, 0.2) is 0 Å². The Balaban J connectivity index is 1.22. The van der Waals surface area contributed by atoms with Crippen molar-refractivity contribution in [1.29, 1.82) is 0 Å². The molecule has 2 amide bonds. The second kappa shape index (κ2) is 9.52. The highest BCUT2D eigenvalue weighted by Gasteiger charge is 2.34. The van der Waals surface area contributed by atoms with Gasteiger partial charge in [-0.25, -0.2) is 0 Å². The number of carbonyl (C=O) groups is 2. The quantitative estimate of drug-likeness (QED) is 0.476. The van der Waals surface area contributed by atoms with Crippen LogP contribution >= 0.6 is 0 Å². The van der Waals surface area contributed by atoms with E-state index in [1.165, 1.54) is 10.5 Å². The minimum absolute atomic E-state index is 0.158. The first-order valence-electron chi connectivity index (χ1n) is 11.0. The normalized spacial score (nSPS) is 17.2. The molecule has 164 valence electrons. The molecule has 1 saturated heterocycles. The van der Waals surface area contributed by atoms with Gasteiger partial charge in [-0.2, -0.15) is 0 Å². The Bertz CT molecular complexity index is 915. The molecule has 0 atom stereocenters. The van der Waals surface area contributed by atoms with Crippen molar-refractivity contribution in [2.24, 2.45) is 0 Å². The SMILES string of the molecule is COc1ccc(C2CCN(CCCCN3C(=O)c4ccccc4C3=O)CC2)c(OC)c1. The molecular weight excluding hydrogens is 392 g/mol. The molecule has 6 heteroatoms. The zero-order valence-electron chi connectivity index (χ0n) is 18.3. The molecule has 2 aliphatic heterocycles. The van der Waals surface area contributed by atoms with Crippen LogP contribution in [-0.4, -0.2) is 62.0 Å². The Labute approximate surface area is 183 Å². The maximum atomic E-state index is 12.4. The Kier molecular flexibility index (Phi) is 6.56. The average Bonchev–Trinajstić information content (AvgIpc) is 3.06. The average molecular weight is 423 g/mol. The monoisotopic (exact) mass is 422 g/mol. The van der Waals surface area contributed by atoms with Crippen LogP contribution in [0.15, 0.2) is 42.5 Å². The van der Waals surface area contributed by atoms with E-state index in [4.69, 9.17) is 9.47 Å². The van der Waals surface area contributed by atoms with Gasteiger partial charge in [-0.1, -0.05) is 18.2 Å². The number of likely N-dealkylation sites (tertiary alicyclic amines) is 1. The summed E-state index contributed by atoms with van der Waals surface area (Å²) in [6.45, 7) is 3.58. The van der Waals surface area contributed by atoms with Gasteiger partial charge < -0.3 is 14.4 Å². The smallest absolute Gasteiger partial charge is 0.261 e. The number of amides is 2. The molecule has 31 heavy (non-hydrogen) atoms. The molecule has 4 rings (SSSR count). The van der Waals surface area contributed by atoms with Crippen molar-refractivity contribution in [1.82, 2.24) is 9.80 Å². The minimum atomic E-state index is -0.158. The third-order valence-electron chi connectivity index (χ3n) is 6.45. The van der Waals surface area contributed by atoms with Crippen LogP contribution in [0.3, 0.4) is 0 Å². The maximum Gasteiger partial charge on any atom is 0.261 e. The third-order valence-corrected chi connectivity index (χ3v) is 6.45. The number of hydrogen-bond donors (Lipinski definition) is 0. The van der Waals surface area contributed by atoms with Crippen molar-refractivity contribution in [3.63, 3.8) is 0 Å². The predicted molar refractivity (Wildman–Crippen MR) is 119 cm³/mol. The van der Waals surface area contributed by atoms with Crippen LogP contribution in [0.5, 0.6) is 11.5 Å². The fraction of sp³-hybridized carbons (Fsp3) is 0.440. The lowest BCUT2D eigenvalue weighted by atomic mass is 9.88. The number of hydrogen-bond acceptors (Lipinski definition) is 5. The summed E-state index contributed by atoms with van der Waals surface area (Å²) >= 11 is 0. The van der Waals surface area contributed by atoms with Crippen molar-refractivity contribution in [2.45, 2.75) is 31.6 Å². The van der Waals surface area contributed by atoms with Crippen LogP contribution in [0.4, 0.5) is 0 Å². The molecule has 0 unspecified atom stereocenters. The molecular formula is C25H30N2O4. The van der Waals surface area contributed by atoms with E-state index in [2.05, 4.69) is 11.0 Å². The zero-order valence-corrected chi connectivity index (χ0v) is 18.3. The number of ether oxygens (including phenoxy) is 2. The Morgan fingerprint density at radius 3 is 2.13 bits per heavy atom. The van der Waals surface area contributed by atoms with Crippen molar-refractivity contribution < 1.29 is 19.1 Å². The van der Waals surface area contributed by atoms with Gasteiger partial charge in [0.1, 0.15) is 11.5 Å². The first kappa shape index (κ1) is 21.4. The molecule has 6 nitrogen and oxygen atoms in total. The molecule has 2 aromatic rings. The van der Waals surface area contributed by atoms with Gasteiger partial charge in [-0.05, 0) is 75.0 Å². The van der Waals surface area contributed by atoms with E-state index in [9.17, 15) is 9.59 Å². The number of benzene rings is 2. The summed E-state index contributed by atoms with van der Waals surface area (Å²) in [6, 6.07) is 13.2. The largest absolute Gasteiger partial charge is 0.497 e. The van der Waals surface area contributed by atoms with E-state index < -0.39 is 0 Å². The maximum absolute atomic E-state index is 12.4. The van der Waals surface area contributed by atoms with Gasteiger partial charge in [-0.3, -0.25) is 14.5 Å². The second-order valence-corrected chi connectivity index (χ2v) is 8.24. The van der Waals surface area contributed by atoms with Gasteiger partial charge in [0.25, 0.3) is 11.8 Å². The predicted octanol–water partition coefficient (Wildman–Crippen LogP) is 3.96. The number of piperidine rings is 1. The molecule has 2 aliphatic rings. The molecule has 0 spiro atoms. The lowest BCUT2D eigenvalue weighted by molar-refractivity contribution is 0.0649. The topological polar surface area (TPSA) is 59.1 Å². The number of rotatable bonds is 8. The summed E-state index contributed by atoms with van der Waals surface area (Å²) in [5.74, 6) is 1.90. The van der Waals surface area contributed by atoms with E-state index in [1.807, 2.05) is 12.1 Å². The van der Waals surface area contributed by atoms with E-state index in [1.54, 1.807) is 38.5 Å². The third kappa shape index (κ3) is 4.44. The molecule has 2 aromatic carbocycles. The van der Waals surface area contributed by atoms with Crippen molar-refractivity contribution in [2.75, 3.05) is 40.4 Å². The minimum Gasteiger partial charge on any atom is -0.497 e. The van der Waals surface area contributed by atoms with E-state index in [0.29, 0.717) is 23.6 Å². The number of fused-ring (bicyclic) bond motifs is 1. The molecule has 0 bridgehead atoms. The van der Waals surface area contributed by atoms with Gasteiger partial charge >= 0.3 is 0 Å². The van der Waals surface area contributed by atoms with Crippen molar-refractivity contribution in [3.05, 3.63) is 59.2 Å². The van der Waals surface area contributed by atoms with Crippen LogP contribution in [-0.2, 0) is 0 Å². The summed E-state index contributed by atoms with van der Waals surface area (Å²) in [4.78, 5) is 28.8. The number of imide groups is 1. The highest BCUT2D eigenvalue weighted by molar-refractivity contribution is 6.21. The highest BCUT2D eigenvalue weighted by Crippen LogP contribution is 2.36. The van der Waals surface area contributed by atoms with E-state index in [0.717, 1.165) is 56.8 Å². The molecule has 0 radical (unpaired) electrons. The van der Waals surface area contributed by atoms with Gasteiger partial charge in [0, 0.05) is 12.6 Å². The Morgan fingerprint density at radius 2 is 1.52 bits per heavy atom. The van der Waals surface area contributed by atoms with Crippen molar-refractivity contribution in [3.8, 4) is 11.5 Å². The van der Waals surface area contributed by atoms with Crippen LogP contribution < -0.4 is 9.47 Å². The Morgan fingerprint density at radius 1 is 0.871 bits per heavy atom. The van der Waals surface area contributed by atoms with Crippen molar-refractivity contribution >= 4 is 11.8 Å². The van der Waals surface area contributed by atoms with E-state index in [-0.39, 0.29) is 11.8 Å². The van der Waals surface area contributed by atoms with E-state index >= 15 is 0 Å². The first-order valence-corrected chi connectivity index (χ1v) is 11.0. The molecule has 0 N–H and O–H groups in total. The second-order valence-electron chi connectivity index (χ2n) is 8.24. The number of unbranched alkanes of at least 4 members (excludes halogenated alkanes) is 1. The van der Waals surface area contributed by atoms with Gasteiger partial charge in [-0.15, -0.1) is 0 Å². The number of nitrogens with zero attached hydrogens (tertiary/aromatic N) is 2. The summed E-state index contributed by atoms with van der Waals surface area (Å²) in [5.41, 5.74) is 2.32. The summed E-state index contributed by atoms with van der Waals surface area (Å²) in [6.07, 6.45) is 4.00. The number of methoxy groups -OCH3 is 2. The summed E-state index contributed by atoms with van der Waals surface area (Å²) in [5, 5.41) is 0. The highest BCUT2D eigenvalue weighted by atomic mass is 16.5. The zero-order chi connectivity index (χ0) is 21.8. The number of carbonyl (C=O) groups excluding carboxylic acids is 2. The lowest BCUT2D eigenvalue weighted by Gasteiger charge is -2.32. The molecule has 2 heterocycles. The standard InChI is InChI=1S/C25H30N2O4/c1-30-19-9-10-20(23(17-19)31-2)18-11-15-26(16-12-18)13-5-6-14-27-24(28)21-7-3-4-8-22(21)25(27)29/h3-4,7-10,17-18H,5-6,11-16H2,1-2H3. The van der Waals surface area contributed by atoms with Gasteiger partial charge in [0.2, 0.25) is 0 Å². The molecule has 0 saturated carbocycles. The molecule has 0 aliphatic carbocycles. The van der Waals surface area contributed by atoms with Crippen LogP contribution in [0.1, 0.15) is 57.9 Å². The van der Waals surface area contributed by atoms with Crippen LogP contribution in [0.25, 0.3) is 0 Å². The fourth-order valence-electron chi connectivity index (χ4n) is 4.67. The van der Waals surface area contributed by atoms with Crippen LogP contribution in [0.2, 0.25) is 0 Å². The summed E-state index contributed by atoms with van der Waals surface area (Å²) < 4.78 is 10.9. The molecule has 0 aromatic heterocycles. The Hall–Kier alpha value is -2.86. The van der Waals surface area contributed by atoms with Crippen LogP contribution in [0, 0.1) is 0 Å².